The van der Waals surface area contributed by atoms with E-state index >= 15 is 0 Å². The molecule has 0 saturated heterocycles. The molecule has 2 aromatic carbocycles. The Morgan fingerprint density at radius 1 is 0.400 bits per heavy atom. The van der Waals surface area contributed by atoms with Crippen LogP contribution in [0.5, 0.6) is 0 Å². The van der Waals surface area contributed by atoms with Crippen LogP contribution in [0.15, 0.2) is 72.8 Å². The van der Waals surface area contributed by atoms with E-state index in [1.54, 1.807) is 0 Å². The van der Waals surface area contributed by atoms with E-state index in [9.17, 15) is 0 Å². The average molecular weight is 763 g/mol. The summed E-state index contributed by atoms with van der Waals surface area (Å²) in [6.07, 6.45) is 22.1. The molecule has 0 N–H and O–H groups in total. The van der Waals surface area contributed by atoms with Crippen molar-refractivity contribution in [1.29, 1.82) is 0 Å². The molecule has 0 spiro atoms. The van der Waals surface area contributed by atoms with Gasteiger partial charge in [0.25, 0.3) is 0 Å². The first kappa shape index (κ1) is 34.3. The molecule has 6 heteroatoms. The molecule has 0 aliphatic rings. The molecular formula is C44H42S6. The Balaban J connectivity index is 0.947. The Labute approximate surface area is 320 Å². The molecule has 8 aromatic rings. The van der Waals surface area contributed by atoms with Gasteiger partial charge in [-0.2, -0.15) is 0 Å². The zero-order chi connectivity index (χ0) is 33.9. The van der Waals surface area contributed by atoms with Gasteiger partial charge in [-0.15, -0.1) is 68.0 Å². The summed E-state index contributed by atoms with van der Waals surface area (Å²) < 4.78 is 11.5. The molecule has 0 nitrogen and oxygen atoms in total. The second-order valence-corrected chi connectivity index (χ2v) is 19.7. The fraction of sp³-hybridized carbons (Fsp3) is 0.273. The number of hydrogen-bond acceptors (Lipinski definition) is 6. The Bertz CT molecular complexity index is 2220. The van der Waals surface area contributed by atoms with Crippen LogP contribution in [0.4, 0.5) is 0 Å². The first-order valence-electron chi connectivity index (χ1n) is 18.1. The first-order valence-corrected chi connectivity index (χ1v) is 23.0. The van der Waals surface area contributed by atoms with E-state index in [2.05, 4.69) is 111 Å². The van der Waals surface area contributed by atoms with Gasteiger partial charge in [0, 0.05) is 38.3 Å². The second kappa shape index (κ2) is 15.8. The molecule has 0 unspecified atom stereocenters. The standard InChI is InChI=1S/C44H42S6/c1-3-5-7-9-11-29-13-17-31(18-14-29)21-23-33-25-37-41(45-33)43-39(47-37)27-35(49-43)36-28-40-44(50-36)42-38(48-40)26-34(46-42)24-22-32-19-15-30(16-20-32)12-10-8-6-4-2/h13-28H,3-12H2,1-2H3/b23-21+,24-22+. The van der Waals surface area contributed by atoms with Crippen molar-refractivity contribution in [3.63, 3.8) is 0 Å². The van der Waals surface area contributed by atoms with Crippen LogP contribution in [0, 0.1) is 0 Å². The van der Waals surface area contributed by atoms with E-state index in [0.717, 1.165) is 0 Å². The average Bonchev–Trinajstić information content (AvgIpc) is 3.97. The number of thiophene rings is 6. The summed E-state index contributed by atoms with van der Waals surface area (Å²) in [5, 5.41) is 0. The Morgan fingerprint density at radius 3 is 1.22 bits per heavy atom. The van der Waals surface area contributed by atoms with Gasteiger partial charge in [0.15, 0.2) is 0 Å². The van der Waals surface area contributed by atoms with Gasteiger partial charge in [-0.3, -0.25) is 0 Å². The SMILES string of the molecule is CCCCCCc1ccc(/C=C/c2cc3sc4cc(-c5cc6sc7cc(/C=C/c8ccc(CCCCCC)cc8)sc7c6s5)sc4c3s2)cc1. The summed E-state index contributed by atoms with van der Waals surface area (Å²) in [7, 11) is 0. The Morgan fingerprint density at radius 2 is 0.800 bits per heavy atom. The molecule has 0 aliphatic carbocycles. The third-order valence-corrected chi connectivity index (χ3v) is 17.1. The maximum Gasteiger partial charge on any atom is 0.0636 e. The first-order chi connectivity index (χ1) is 24.6. The van der Waals surface area contributed by atoms with E-state index < -0.39 is 0 Å². The van der Waals surface area contributed by atoms with Crippen LogP contribution in [0.1, 0.15) is 97.2 Å². The highest BCUT2D eigenvalue weighted by atomic mass is 32.1. The lowest BCUT2D eigenvalue weighted by Crippen LogP contribution is -1.85. The van der Waals surface area contributed by atoms with Crippen molar-refractivity contribution < 1.29 is 0 Å². The molecule has 6 aromatic heterocycles. The molecule has 0 radical (unpaired) electrons. The van der Waals surface area contributed by atoms with Gasteiger partial charge in [-0.1, -0.05) is 113 Å². The molecule has 0 fully saturated rings. The summed E-state index contributed by atoms with van der Waals surface area (Å²) >= 11 is 11.7. The number of benzene rings is 2. The maximum absolute atomic E-state index is 2.43. The topological polar surface area (TPSA) is 0 Å². The lowest BCUT2D eigenvalue weighted by molar-refractivity contribution is 0.667. The molecule has 254 valence electrons. The van der Waals surface area contributed by atoms with E-state index in [1.807, 2.05) is 68.0 Å². The predicted octanol–water partition coefficient (Wildman–Crippen LogP) is 16.9. The van der Waals surface area contributed by atoms with Crippen LogP contribution in [0.3, 0.4) is 0 Å². The van der Waals surface area contributed by atoms with Crippen molar-refractivity contribution in [2.24, 2.45) is 0 Å². The predicted molar refractivity (Wildman–Crippen MR) is 236 cm³/mol. The Hall–Kier alpha value is -2.84. The zero-order valence-electron chi connectivity index (χ0n) is 28.8. The smallest absolute Gasteiger partial charge is 0.0636 e. The van der Waals surface area contributed by atoms with E-state index in [0.29, 0.717) is 0 Å². The molecule has 0 saturated carbocycles. The van der Waals surface area contributed by atoms with Crippen LogP contribution in [0.2, 0.25) is 0 Å². The molecule has 0 amide bonds. The molecule has 0 bridgehead atoms. The van der Waals surface area contributed by atoms with Gasteiger partial charge in [-0.25, -0.2) is 0 Å². The quantitative estimate of drug-likeness (QED) is 0.0913. The normalized spacial score (nSPS) is 12.4. The van der Waals surface area contributed by atoms with Crippen LogP contribution >= 0.6 is 68.0 Å². The van der Waals surface area contributed by atoms with Gasteiger partial charge in [0.2, 0.25) is 0 Å². The molecule has 0 atom stereocenters. The molecular weight excluding hydrogens is 721 g/mol. The highest BCUT2D eigenvalue weighted by molar-refractivity contribution is 7.42. The fourth-order valence-corrected chi connectivity index (χ4v) is 14.5. The minimum absolute atomic E-state index is 1.19. The van der Waals surface area contributed by atoms with Crippen molar-refractivity contribution in [3.8, 4) is 9.75 Å². The van der Waals surface area contributed by atoms with Gasteiger partial charge in [-0.05, 0) is 84.4 Å². The number of aryl methyl sites for hydroxylation is 2. The lowest BCUT2D eigenvalue weighted by Gasteiger charge is -2.01. The summed E-state index contributed by atoms with van der Waals surface area (Å²) in [5.74, 6) is 0. The van der Waals surface area contributed by atoms with Gasteiger partial charge in [0.1, 0.15) is 0 Å². The minimum Gasteiger partial charge on any atom is -0.133 e. The van der Waals surface area contributed by atoms with Crippen LogP contribution in [0.25, 0.3) is 71.7 Å². The monoisotopic (exact) mass is 762 g/mol. The summed E-state index contributed by atoms with van der Waals surface area (Å²) in [4.78, 5) is 5.48. The molecule has 8 rings (SSSR count). The van der Waals surface area contributed by atoms with Gasteiger partial charge in [0.05, 0.1) is 18.8 Å². The van der Waals surface area contributed by atoms with E-state index in [-0.39, 0.29) is 0 Å². The number of hydrogen-bond donors (Lipinski definition) is 0. The van der Waals surface area contributed by atoms with Crippen molar-refractivity contribution in [1.82, 2.24) is 0 Å². The third kappa shape index (κ3) is 7.67. The lowest BCUT2D eigenvalue weighted by atomic mass is 10.0. The van der Waals surface area contributed by atoms with Crippen LogP contribution in [-0.2, 0) is 12.8 Å². The number of rotatable bonds is 15. The second-order valence-electron chi connectivity index (χ2n) is 13.3. The summed E-state index contributed by atoms with van der Waals surface area (Å²) in [6, 6.07) is 27.9. The highest BCUT2D eigenvalue weighted by Crippen LogP contribution is 2.51. The highest BCUT2D eigenvalue weighted by Gasteiger charge is 2.17. The number of unbranched alkanes of at least 4 members (excludes halogenated alkanes) is 6. The molecule has 50 heavy (non-hydrogen) atoms. The van der Waals surface area contributed by atoms with Gasteiger partial charge >= 0.3 is 0 Å². The van der Waals surface area contributed by atoms with E-state index in [1.165, 1.54) is 144 Å². The third-order valence-electron chi connectivity index (χ3n) is 9.40. The molecule has 6 heterocycles. The minimum atomic E-state index is 1.19. The van der Waals surface area contributed by atoms with E-state index in [4.69, 9.17) is 0 Å². The van der Waals surface area contributed by atoms with Crippen LogP contribution in [-0.4, -0.2) is 0 Å². The van der Waals surface area contributed by atoms with Crippen molar-refractivity contribution >= 4 is 130 Å². The van der Waals surface area contributed by atoms with Crippen molar-refractivity contribution in [3.05, 3.63) is 105 Å². The summed E-state index contributed by atoms with van der Waals surface area (Å²) in [5.41, 5.74) is 5.47. The van der Waals surface area contributed by atoms with Gasteiger partial charge < -0.3 is 0 Å². The summed E-state index contributed by atoms with van der Waals surface area (Å²) in [6.45, 7) is 4.55. The zero-order valence-corrected chi connectivity index (χ0v) is 33.7. The number of fused-ring (bicyclic) bond motifs is 6. The van der Waals surface area contributed by atoms with Crippen LogP contribution < -0.4 is 0 Å². The molecule has 0 aliphatic heterocycles. The van der Waals surface area contributed by atoms with Crippen molar-refractivity contribution in [2.75, 3.05) is 0 Å². The van der Waals surface area contributed by atoms with Crippen molar-refractivity contribution in [2.45, 2.75) is 78.1 Å². The Kier molecular flexibility index (Phi) is 10.8. The fourth-order valence-electron chi connectivity index (χ4n) is 6.57. The maximum atomic E-state index is 2.43. The largest absolute Gasteiger partial charge is 0.133 e.